The summed E-state index contributed by atoms with van der Waals surface area (Å²) in [6, 6.07) is 19.7. The van der Waals surface area contributed by atoms with E-state index < -0.39 is 24.3 Å². The highest BCUT2D eigenvalue weighted by atomic mass is 16.5. The Labute approximate surface area is 357 Å². The number of nitrogens with zero attached hydrogens (tertiary/aromatic N) is 5. The summed E-state index contributed by atoms with van der Waals surface area (Å²) in [6.07, 6.45) is 6.18. The number of H-pyrrole nitrogens is 1. The van der Waals surface area contributed by atoms with E-state index in [2.05, 4.69) is 81.2 Å². The summed E-state index contributed by atoms with van der Waals surface area (Å²) in [7, 11) is 6.67. The lowest BCUT2D eigenvalue weighted by atomic mass is 9.95. The number of amides is 4. The van der Waals surface area contributed by atoms with Crippen molar-refractivity contribution < 1.29 is 28.7 Å². The highest BCUT2D eigenvalue weighted by Crippen LogP contribution is 2.37. The first-order valence-electron chi connectivity index (χ1n) is 21.3. The van der Waals surface area contributed by atoms with Crippen LogP contribution in [-0.2, 0) is 19.1 Å². The smallest absolute Gasteiger partial charge is 0.407 e. The van der Waals surface area contributed by atoms with Gasteiger partial charge in [-0.1, -0.05) is 69.3 Å². The minimum Gasteiger partial charge on any atom is -0.453 e. The van der Waals surface area contributed by atoms with Gasteiger partial charge >= 0.3 is 12.2 Å². The van der Waals surface area contributed by atoms with E-state index in [9.17, 15) is 19.2 Å². The molecular formula is C47H58N8O6. The number of aromatic amines is 1. The first-order chi connectivity index (χ1) is 29.4. The lowest BCUT2D eigenvalue weighted by Gasteiger charge is -2.30. The second-order valence-corrected chi connectivity index (χ2v) is 17.0. The number of carbonyl (C=O) groups excluding carboxylic acids is 4. The minimum atomic E-state index is -0.716. The van der Waals surface area contributed by atoms with Crippen LogP contribution in [0, 0.1) is 11.8 Å². The molecule has 2 fully saturated rings. The number of likely N-dealkylation sites (tertiary alicyclic amines) is 2. The third-order valence-electron chi connectivity index (χ3n) is 12.2. The average Bonchev–Trinajstić information content (AvgIpc) is 4.10. The molecule has 0 saturated carbocycles. The van der Waals surface area contributed by atoms with E-state index in [0.29, 0.717) is 25.9 Å². The quantitative estimate of drug-likeness (QED) is 0.129. The zero-order chi connectivity index (χ0) is 43.4. The molecule has 0 spiro atoms. The number of rotatable bonds is 13. The number of nitrogens with one attached hydrogen (secondary N) is 3. The highest BCUT2D eigenvalue weighted by molar-refractivity contribution is 6.04. The zero-order valence-electron chi connectivity index (χ0n) is 36.2. The maximum absolute atomic E-state index is 14.0. The Hall–Kier alpha value is -6.02. The molecule has 14 heteroatoms. The lowest BCUT2D eigenvalue weighted by Crippen LogP contribution is -2.51. The van der Waals surface area contributed by atoms with Gasteiger partial charge in [0, 0.05) is 38.0 Å². The second-order valence-electron chi connectivity index (χ2n) is 17.0. The molecular weight excluding hydrogens is 773 g/mol. The third-order valence-corrected chi connectivity index (χ3v) is 12.2. The van der Waals surface area contributed by atoms with Crippen LogP contribution < -0.4 is 10.6 Å². The number of aliphatic imine (C=N–C) groups is 1. The molecule has 3 N–H and O–H groups in total. The van der Waals surface area contributed by atoms with Gasteiger partial charge in [0.25, 0.3) is 0 Å². The fraction of sp³-hybridized carbons (Fsp3) is 0.447. The van der Waals surface area contributed by atoms with Crippen molar-refractivity contribution in [2.75, 3.05) is 47.9 Å². The summed E-state index contributed by atoms with van der Waals surface area (Å²) in [5, 5.41) is 7.68. The van der Waals surface area contributed by atoms with E-state index in [1.165, 1.54) is 14.2 Å². The lowest BCUT2D eigenvalue weighted by molar-refractivity contribution is -0.135. The van der Waals surface area contributed by atoms with Crippen LogP contribution in [0.5, 0.6) is 0 Å². The molecule has 0 radical (unpaired) electrons. The molecule has 3 aliphatic rings. The summed E-state index contributed by atoms with van der Waals surface area (Å²) in [6.45, 7) is 7.76. The Bertz CT molecular complexity index is 2320. The van der Waals surface area contributed by atoms with E-state index in [1.807, 2.05) is 57.1 Å². The van der Waals surface area contributed by atoms with Gasteiger partial charge in [0.1, 0.15) is 17.9 Å². The van der Waals surface area contributed by atoms with Crippen LogP contribution in [0.4, 0.5) is 9.59 Å². The molecule has 3 aromatic carbocycles. The molecule has 5 atom stereocenters. The van der Waals surface area contributed by atoms with Crippen LogP contribution in [0.3, 0.4) is 0 Å². The van der Waals surface area contributed by atoms with Crippen molar-refractivity contribution in [3.63, 3.8) is 0 Å². The molecule has 4 heterocycles. The SMILES string of the molecule is CC[C@H](NC(=O)OC)C(=O)N1CCC[C@H]1C1=NC=C(c2ccc3cc(-c4ccc(-c5cnc([C@@H]6CC(CN(C)C)CN6C(=O)[C@@H](NC(=O)OC)C(C)C)[nH]5)cc4)ccc3c2)C1. The Balaban J connectivity index is 1.02. The van der Waals surface area contributed by atoms with Crippen LogP contribution in [0.1, 0.15) is 70.3 Å². The third kappa shape index (κ3) is 9.49. The number of methoxy groups -OCH3 is 2. The Morgan fingerprint density at radius 2 is 1.51 bits per heavy atom. The van der Waals surface area contributed by atoms with E-state index in [1.54, 1.807) is 0 Å². The second kappa shape index (κ2) is 18.7. The molecule has 1 aromatic heterocycles. The Kier molecular flexibility index (Phi) is 13.2. The number of imidazole rings is 1. The molecule has 7 rings (SSSR count). The van der Waals surface area contributed by atoms with Crippen LogP contribution in [0.25, 0.3) is 38.7 Å². The van der Waals surface area contributed by atoms with E-state index >= 15 is 0 Å². The van der Waals surface area contributed by atoms with Gasteiger partial charge in [-0.05, 0) is 102 Å². The van der Waals surface area contributed by atoms with E-state index in [4.69, 9.17) is 19.5 Å². The number of ether oxygens (including phenoxy) is 2. The van der Waals surface area contributed by atoms with E-state index in [-0.39, 0.29) is 35.7 Å². The zero-order valence-corrected chi connectivity index (χ0v) is 36.2. The van der Waals surface area contributed by atoms with Gasteiger partial charge in [0.2, 0.25) is 11.8 Å². The van der Waals surface area contributed by atoms with Crippen molar-refractivity contribution in [2.24, 2.45) is 16.8 Å². The monoisotopic (exact) mass is 830 g/mol. The normalized spacial score (nSPS) is 19.9. The summed E-state index contributed by atoms with van der Waals surface area (Å²) < 4.78 is 9.57. The molecule has 0 aliphatic carbocycles. The predicted octanol–water partition coefficient (Wildman–Crippen LogP) is 7.04. The van der Waals surface area contributed by atoms with Gasteiger partial charge in [0.05, 0.1) is 38.2 Å². The average molecular weight is 831 g/mol. The molecule has 322 valence electrons. The van der Waals surface area contributed by atoms with Crippen LogP contribution >= 0.6 is 0 Å². The van der Waals surface area contributed by atoms with Gasteiger partial charge in [-0.3, -0.25) is 14.6 Å². The summed E-state index contributed by atoms with van der Waals surface area (Å²) >= 11 is 0. The van der Waals surface area contributed by atoms with Crippen LogP contribution in [0.2, 0.25) is 0 Å². The number of carbonyl (C=O) groups is 4. The van der Waals surface area contributed by atoms with Crippen molar-refractivity contribution in [3.05, 3.63) is 84.4 Å². The number of alkyl carbamates (subject to hydrolysis) is 2. The molecule has 2 saturated heterocycles. The number of allylic oxidation sites excluding steroid dienone is 1. The van der Waals surface area contributed by atoms with E-state index in [0.717, 1.165) is 81.6 Å². The molecule has 0 bridgehead atoms. The number of hydrogen-bond acceptors (Lipinski definition) is 9. The summed E-state index contributed by atoms with van der Waals surface area (Å²) in [4.78, 5) is 70.4. The fourth-order valence-corrected chi connectivity index (χ4v) is 9.02. The van der Waals surface area contributed by atoms with Gasteiger partial charge in [0.15, 0.2) is 0 Å². The van der Waals surface area contributed by atoms with Crippen molar-refractivity contribution in [2.45, 2.75) is 77.0 Å². The van der Waals surface area contributed by atoms with Crippen molar-refractivity contribution in [1.29, 1.82) is 0 Å². The number of fused-ring (bicyclic) bond motifs is 1. The summed E-state index contributed by atoms with van der Waals surface area (Å²) in [5.41, 5.74) is 7.25. The maximum Gasteiger partial charge on any atom is 0.407 e. The molecule has 4 aromatic rings. The van der Waals surface area contributed by atoms with Crippen molar-refractivity contribution in [3.8, 4) is 22.4 Å². The Morgan fingerprint density at radius 3 is 2.18 bits per heavy atom. The number of aromatic nitrogens is 2. The topological polar surface area (TPSA) is 162 Å². The Morgan fingerprint density at radius 1 is 0.852 bits per heavy atom. The molecule has 14 nitrogen and oxygen atoms in total. The van der Waals surface area contributed by atoms with Crippen LogP contribution in [-0.4, -0.2) is 120 Å². The minimum absolute atomic E-state index is 0.0884. The van der Waals surface area contributed by atoms with Crippen molar-refractivity contribution in [1.82, 2.24) is 35.3 Å². The molecule has 61 heavy (non-hydrogen) atoms. The van der Waals surface area contributed by atoms with Gasteiger partial charge in [-0.15, -0.1) is 0 Å². The molecule has 1 unspecified atom stereocenters. The molecule has 3 aliphatic heterocycles. The van der Waals surface area contributed by atoms with Crippen LogP contribution in [0.15, 0.2) is 78.1 Å². The molecule has 4 amide bonds. The van der Waals surface area contributed by atoms with Crippen molar-refractivity contribution >= 4 is 46.1 Å². The first-order valence-corrected chi connectivity index (χ1v) is 21.3. The standard InChI is InChI=1S/C47H58N8O6/c1-8-37(51-46(58)60-6)44(56)54-19-9-10-40(54)38-23-36(24-48-38)35-18-17-33-21-32(15-16-34(33)22-35)30-11-13-31(14-12-30)39-25-49-43(50-39)41-20-29(26-53(4)5)27-55(41)45(57)42(28(2)3)52-47(59)61-7/h11-18,21-22,24-25,28-29,37,40-42H,8-10,19-20,23,26-27H2,1-7H3,(H,49,50)(H,51,58)(H,52,59)/t29?,37-,40-,41-,42-/m0/s1. The van der Waals surface area contributed by atoms with Gasteiger partial charge < -0.3 is 39.8 Å². The predicted molar refractivity (Wildman–Crippen MR) is 237 cm³/mol. The first kappa shape index (κ1) is 43.1. The van der Waals surface area contributed by atoms with Gasteiger partial charge in [-0.25, -0.2) is 14.6 Å². The largest absolute Gasteiger partial charge is 0.453 e. The highest BCUT2D eigenvalue weighted by Gasteiger charge is 2.42. The van der Waals surface area contributed by atoms with Gasteiger partial charge in [-0.2, -0.15) is 0 Å². The maximum atomic E-state index is 14.0. The number of benzene rings is 3. The summed E-state index contributed by atoms with van der Waals surface area (Å²) in [5.74, 6) is 0.617. The number of hydrogen-bond donors (Lipinski definition) is 3. The fourth-order valence-electron chi connectivity index (χ4n) is 9.02.